The van der Waals surface area contributed by atoms with E-state index in [0.29, 0.717) is 19.3 Å². The molecule has 0 aliphatic rings. The summed E-state index contributed by atoms with van der Waals surface area (Å²) in [6.07, 6.45) is 47.3. The van der Waals surface area contributed by atoms with E-state index in [9.17, 15) is 43.5 Å². The Morgan fingerprint density at radius 1 is 0.387 bits per heavy atom. The lowest BCUT2D eigenvalue weighted by molar-refractivity contribution is -0.161. The number of rotatable bonds is 54. The highest BCUT2D eigenvalue weighted by molar-refractivity contribution is 7.47. The van der Waals surface area contributed by atoms with E-state index in [-0.39, 0.29) is 19.3 Å². The van der Waals surface area contributed by atoms with Crippen molar-refractivity contribution in [2.45, 2.75) is 245 Å². The average molecular weight is 1110 g/mol. The summed E-state index contributed by atoms with van der Waals surface area (Å²) in [5.74, 6) is -1.61. The first-order valence-corrected chi connectivity index (χ1v) is 31.6. The zero-order valence-electron chi connectivity index (χ0n) is 46.5. The summed E-state index contributed by atoms with van der Waals surface area (Å²) in [7, 11) is -9.75. The second-order valence-corrected chi connectivity index (χ2v) is 22.0. The maximum Gasteiger partial charge on any atom is 0.472 e. The molecular formula is C57H102O16P2. The van der Waals surface area contributed by atoms with E-state index in [1.807, 2.05) is 0 Å². The highest BCUT2D eigenvalue weighted by Gasteiger charge is 2.29. The Balaban J connectivity index is 4.68. The predicted molar refractivity (Wildman–Crippen MR) is 298 cm³/mol. The van der Waals surface area contributed by atoms with Gasteiger partial charge in [0, 0.05) is 19.3 Å². The molecule has 436 valence electrons. The van der Waals surface area contributed by atoms with Gasteiger partial charge in [-0.15, -0.1) is 0 Å². The van der Waals surface area contributed by atoms with Gasteiger partial charge in [0.05, 0.1) is 26.4 Å². The lowest BCUT2D eigenvalue weighted by Gasteiger charge is -2.21. The molecule has 0 radical (unpaired) electrons. The van der Waals surface area contributed by atoms with Gasteiger partial charge in [-0.25, -0.2) is 9.13 Å². The quantitative estimate of drug-likeness (QED) is 0.0146. The molecule has 0 bridgehead atoms. The molecule has 0 rings (SSSR count). The average Bonchev–Trinajstić information content (AvgIpc) is 3.38. The fourth-order valence-corrected chi connectivity index (χ4v) is 8.85. The minimum atomic E-state index is -4.91. The molecular weight excluding hydrogens is 1000 g/mol. The Labute approximate surface area is 452 Å². The van der Waals surface area contributed by atoms with Crippen LogP contribution in [0.3, 0.4) is 0 Å². The first-order valence-electron chi connectivity index (χ1n) is 28.6. The normalized spacial score (nSPS) is 15.0. The summed E-state index contributed by atoms with van der Waals surface area (Å²) in [6.45, 7) is 2.43. The van der Waals surface area contributed by atoms with Crippen molar-refractivity contribution in [2.75, 3.05) is 39.6 Å². The fourth-order valence-electron chi connectivity index (χ4n) is 7.26. The molecule has 18 heteroatoms. The Morgan fingerprint density at radius 2 is 0.720 bits per heavy atom. The van der Waals surface area contributed by atoms with Crippen LogP contribution in [0.2, 0.25) is 0 Å². The molecule has 0 amide bonds. The zero-order valence-corrected chi connectivity index (χ0v) is 48.2. The van der Waals surface area contributed by atoms with Crippen LogP contribution in [0.4, 0.5) is 0 Å². The molecule has 0 spiro atoms. The number of carbonyl (C=O) groups is 3. The number of carbonyl (C=O) groups excluding carboxylic acids is 3. The number of ether oxygens (including phenoxy) is 3. The minimum absolute atomic E-state index is 0.0940. The van der Waals surface area contributed by atoms with Crippen LogP contribution in [0, 0.1) is 0 Å². The molecule has 0 aromatic rings. The van der Waals surface area contributed by atoms with Crippen LogP contribution in [-0.2, 0) is 55.8 Å². The van der Waals surface area contributed by atoms with Gasteiger partial charge in [-0.05, 0) is 96.3 Å². The minimum Gasteiger partial charge on any atom is -0.463 e. The van der Waals surface area contributed by atoms with Gasteiger partial charge in [0.25, 0.3) is 0 Å². The van der Waals surface area contributed by atoms with Gasteiger partial charge in [0.15, 0.2) is 6.10 Å². The van der Waals surface area contributed by atoms with Crippen LogP contribution in [0.5, 0.6) is 0 Å². The second-order valence-electron chi connectivity index (χ2n) is 19.1. The maximum absolute atomic E-state index is 12.8. The summed E-state index contributed by atoms with van der Waals surface area (Å²) in [4.78, 5) is 57.9. The maximum atomic E-state index is 12.8. The van der Waals surface area contributed by atoms with Crippen LogP contribution in [-0.4, -0.2) is 95.9 Å². The third-order valence-electron chi connectivity index (χ3n) is 11.7. The van der Waals surface area contributed by atoms with Gasteiger partial charge in [0.2, 0.25) is 0 Å². The molecule has 0 aromatic heterocycles. The number of aliphatic hydroxyl groups excluding tert-OH is 2. The Bertz CT molecular complexity index is 1630. The molecule has 16 nitrogen and oxygen atoms in total. The highest BCUT2D eigenvalue weighted by Crippen LogP contribution is 2.45. The number of phosphoric ester groups is 2. The van der Waals surface area contributed by atoms with Crippen molar-refractivity contribution >= 4 is 33.6 Å². The van der Waals surface area contributed by atoms with Crippen molar-refractivity contribution in [1.82, 2.24) is 0 Å². The molecule has 0 saturated carbocycles. The number of allylic oxidation sites excluding steroid dienone is 10. The van der Waals surface area contributed by atoms with E-state index in [1.165, 1.54) is 38.5 Å². The van der Waals surface area contributed by atoms with Crippen LogP contribution in [0.15, 0.2) is 60.8 Å². The SMILES string of the molecule is CC/C=C\C/C=C\C/C=C\CCCCCCCC(=O)OCC(O)COP(=O)(O)OCC(O)COP(=O)(O)OCC(COC(=O)CCCCCCC/C=C\CCCCCC)OC(=O)CCCCCCC/C=C\CCCC. The van der Waals surface area contributed by atoms with Gasteiger partial charge in [-0.2, -0.15) is 0 Å². The van der Waals surface area contributed by atoms with Crippen molar-refractivity contribution in [3.8, 4) is 0 Å². The smallest absolute Gasteiger partial charge is 0.463 e. The molecule has 0 saturated heterocycles. The van der Waals surface area contributed by atoms with E-state index >= 15 is 0 Å². The molecule has 0 aromatic carbocycles. The van der Waals surface area contributed by atoms with E-state index in [2.05, 4.69) is 81.5 Å². The second kappa shape index (κ2) is 52.0. The number of hydrogen-bond acceptors (Lipinski definition) is 14. The van der Waals surface area contributed by atoms with Gasteiger partial charge in [0.1, 0.15) is 25.4 Å². The summed E-state index contributed by atoms with van der Waals surface area (Å²) in [5, 5.41) is 20.4. The zero-order chi connectivity index (χ0) is 55.4. The van der Waals surface area contributed by atoms with Crippen LogP contribution < -0.4 is 0 Å². The van der Waals surface area contributed by atoms with E-state index in [4.69, 9.17) is 32.3 Å². The molecule has 0 heterocycles. The van der Waals surface area contributed by atoms with Crippen LogP contribution in [0.1, 0.15) is 226 Å². The molecule has 0 aliphatic heterocycles. The molecule has 4 N–H and O–H groups in total. The number of esters is 3. The molecule has 0 fully saturated rings. The van der Waals surface area contributed by atoms with Crippen molar-refractivity contribution in [3.63, 3.8) is 0 Å². The number of aliphatic hydroxyl groups is 2. The third-order valence-corrected chi connectivity index (χ3v) is 13.6. The first-order chi connectivity index (χ1) is 36.2. The first kappa shape index (κ1) is 72.2. The van der Waals surface area contributed by atoms with Crippen LogP contribution in [0.25, 0.3) is 0 Å². The van der Waals surface area contributed by atoms with Gasteiger partial charge >= 0.3 is 33.6 Å². The fraction of sp³-hybridized carbons (Fsp3) is 0.772. The largest absolute Gasteiger partial charge is 0.472 e. The standard InChI is InChI=1S/C57H102O16P2/c1-4-7-10-13-16-19-22-24-25-27-30-31-34-37-40-43-55(60)67-46-52(58)47-69-74(63,64)70-48-53(59)49-71-75(65,66)72-51-54(73-57(62)45-42-39-36-33-28-21-18-15-12-9-6-3)50-68-56(61)44-41-38-35-32-29-26-23-20-17-14-11-8-5-2/h7,10,15-16,18-20,23-25,52-54,58-59H,4-6,8-9,11-14,17,21-22,26-51H2,1-3H3,(H,63,64)(H,65,66)/b10-7-,18-15-,19-16-,23-20-,25-24-. The number of phosphoric acid groups is 2. The lowest BCUT2D eigenvalue weighted by Crippen LogP contribution is -2.30. The van der Waals surface area contributed by atoms with E-state index in [1.54, 1.807) is 0 Å². The Kier molecular flexibility index (Phi) is 50.1. The predicted octanol–water partition coefficient (Wildman–Crippen LogP) is 14.3. The van der Waals surface area contributed by atoms with Gasteiger partial charge < -0.3 is 34.2 Å². The van der Waals surface area contributed by atoms with Crippen molar-refractivity contribution in [3.05, 3.63) is 60.8 Å². The lowest BCUT2D eigenvalue weighted by atomic mass is 10.1. The summed E-state index contributed by atoms with van der Waals surface area (Å²) in [6, 6.07) is 0. The van der Waals surface area contributed by atoms with Gasteiger partial charge in [-0.3, -0.25) is 32.5 Å². The molecule has 5 atom stereocenters. The monoisotopic (exact) mass is 1100 g/mol. The number of unbranched alkanes of at least 4 members (excludes halogenated alkanes) is 21. The van der Waals surface area contributed by atoms with E-state index < -0.39 is 91.5 Å². The summed E-state index contributed by atoms with van der Waals surface area (Å²) in [5.41, 5.74) is 0. The molecule has 0 aliphatic carbocycles. The summed E-state index contributed by atoms with van der Waals surface area (Å²) >= 11 is 0. The van der Waals surface area contributed by atoms with E-state index in [0.717, 1.165) is 128 Å². The van der Waals surface area contributed by atoms with Crippen LogP contribution >= 0.6 is 15.6 Å². The molecule has 5 unspecified atom stereocenters. The Hall–Kier alpha value is -2.75. The van der Waals surface area contributed by atoms with Crippen molar-refractivity contribution in [2.24, 2.45) is 0 Å². The third kappa shape index (κ3) is 53.1. The molecule has 75 heavy (non-hydrogen) atoms. The van der Waals surface area contributed by atoms with Gasteiger partial charge in [-0.1, -0.05) is 171 Å². The topological polar surface area (TPSA) is 231 Å². The van der Waals surface area contributed by atoms with Crippen molar-refractivity contribution < 1.29 is 75.8 Å². The number of hydrogen-bond donors (Lipinski definition) is 4. The summed E-state index contributed by atoms with van der Waals surface area (Å²) < 4.78 is 60.4. The highest BCUT2D eigenvalue weighted by atomic mass is 31.2. The Morgan fingerprint density at radius 3 is 1.17 bits per heavy atom. The van der Waals surface area contributed by atoms with Crippen molar-refractivity contribution in [1.29, 1.82) is 0 Å².